The molecule has 2 atom stereocenters. The highest BCUT2D eigenvalue weighted by molar-refractivity contribution is 5.67. The Kier molecular flexibility index (Phi) is 15.7. The largest absolute Gasteiger partial charge is 0.480 e. The van der Waals surface area contributed by atoms with Gasteiger partial charge in [0.2, 0.25) is 0 Å². The van der Waals surface area contributed by atoms with Crippen LogP contribution in [0, 0.1) is 0 Å². The predicted molar refractivity (Wildman–Crippen MR) is 67.5 cm³/mol. The molecule has 0 aliphatic rings. The molecule has 0 rings (SSSR count). The van der Waals surface area contributed by atoms with Crippen LogP contribution in [0.2, 0.25) is 0 Å². The van der Waals surface area contributed by atoms with Gasteiger partial charge in [-0.25, -0.2) is 4.79 Å². The molecule has 110 valence electrons. The van der Waals surface area contributed by atoms with E-state index >= 15 is 0 Å². The van der Waals surface area contributed by atoms with Gasteiger partial charge in [-0.15, -0.1) is 0 Å². The van der Waals surface area contributed by atoms with Crippen LogP contribution in [0.1, 0.15) is 33.6 Å². The molecule has 0 saturated heterocycles. The van der Waals surface area contributed by atoms with Gasteiger partial charge in [0.25, 0.3) is 0 Å². The molecule has 0 aliphatic heterocycles. The van der Waals surface area contributed by atoms with Crippen LogP contribution in [0.25, 0.3) is 0 Å². The van der Waals surface area contributed by atoms with Crippen molar-refractivity contribution in [3.05, 3.63) is 0 Å². The summed E-state index contributed by atoms with van der Waals surface area (Å²) in [5.74, 6) is -0.897. The van der Waals surface area contributed by atoms with E-state index in [1.165, 1.54) is 0 Å². The van der Waals surface area contributed by atoms with Crippen molar-refractivity contribution in [3.63, 3.8) is 0 Å². The second-order valence-electron chi connectivity index (χ2n) is 3.98. The summed E-state index contributed by atoms with van der Waals surface area (Å²) in [4.78, 5) is 9.84. The minimum atomic E-state index is -0.897. The lowest BCUT2D eigenvalue weighted by atomic mass is 10.4. The van der Waals surface area contributed by atoms with Gasteiger partial charge in [-0.05, 0) is 20.3 Å². The Labute approximate surface area is 109 Å². The van der Waals surface area contributed by atoms with Gasteiger partial charge in [0.1, 0.15) is 6.61 Å². The zero-order valence-corrected chi connectivity index (χ0v) is 11.5. The number of unbranched alkanes of at least 4 members (excludes halogenated alkanes) is 1. The zero-order chi connectivity index (χ0) is 14.4. The maximum absolute atomic E-state index is 9.84. The van der Waals surface area contributed by atoms with Crippen molar-refractivity contribution in [2.45, 2.75) is 45.8 Å². The van der Waals surface area contributed by atoms with Gasteiger partial charge in [-0.3, -0.25) is 0 Å². The Morgan fingerprint density at radius 3 is 2.33 bits per heavy atom. The second kappa shape index (κ2) is 14.4. The fraction of sp³-hybridized carbons (Fsp3) is 0.917. The summed E-state index contributed by atoms with van der Waals surface area (Å²) in [5.41, 5.74) is 0. The number of hydrogen-bond acceptors (Lipinski definition) is 5. The normalized spacial score (nSPS) is 13.4. The number of carboxylic acid groups (broad SMARTS) is 1. The van der Waals surface area contributed by atoms with Crippen molar-refractivity contribution in [2.75, 3.05) is 26.4 Å². The number of ether oxygens (including phenoxy) is 2. The molecule has 0 spiro atoms. The van der Waals surface area contributed by atoms with Gasteiger partial charge in [-0.1, -0.05) is 13.3 Å². The second-order valence-corrected chi connectivity index (χ2v) is 3.98. The molecule has 0 fully saturated rings. The van der Waals surface area contributed by atoms with Crippen molar-refractivity contribution < 1.29 is 29.6 Å². The molecule has 0 saturated carbocycles. The quantitative estimate of drug-likeness (QED) is 0.530. The van der Waals surface area contributed by atoms with Crippen LogP contribution in [0.4, 0.5) is 0 Å². The van der Waals surface area contributed by atoms with E-state index in [1.807, 2.05) is 6.92 Å². The Morgan fingerprint density at radius 1 is 1.33 bits per heavy atom. The highest BCUT2D eigenvalue weighted by Crippen LogP contribution is 1.90. The summed E-state index contributed by atoms with van der Waals surface area (Å²) in [5, 5.41) is 25.2. The molecule has 6 heteroatoms. The van der Waals surface area contributed by atoms with Gasteiger partial charge in [0.05, 0.1) is 25.4 Å². The van der Waals surface area contributed by atoms with Crippen molar-refractivity contribution in [1.82, 2.24) is 0 Å². The average Bonchev–Trinajstić information content (AvgIpc) is 2.32. The molecule has 0 aliphatic carbocycles. The van der Waals surface area contributed by atoms with Gasteiger partial charge in [-0.2, -0.15) is 0 Å². The molecule has 0 bridgehead atoms. The van der Waals surface area contributed by atoms with E-state index in [-0.39, 0.29) is 19.3 Å². The smallest absolute Gasteiger partial charge is 0.329 e. The maximum atomic E-state index is 9.84. The summed E-state index contributed by atoms with van der Waals surface area (Å²) in [6, 6.07) is 0. The Morgan fingerprint density at radius 2 is 1.94 bits per heavy atom. The molecule has 18 heavy (non-hydrogen) atoms. The van der Waals surface area contributed by atoms with Crippen LogP contribution < -0.4 is 0 Å². The van der Waals surface area contributed by atoms with E-state index in [4.69, 9.17) is 24.8 Å². The minimum absolute atomic E-state index is 0.00667. The molecule has 0 aromatic rings. The summed E-state index contributed by atoms with van der Waals surface area (Å²) in [6.45, 7) is 6.12. The molecular formula is C12H26O6. The van der Waals surface area contributed by atoms with Gasteiger partial charge in [0.15, 0.2) is 0 Å². The average molecular weight is 266 g/mol. The topological polar surface area (TPSA) is 96.2 Å². The first-order valence-corrected chi connectivity index (χ1v) is 6.14. The minimum Gasteiger partial charge on any atom is -0.480 e. The molecular weight excluding hydrogens is 240 g/mol. The van der Waals surface area contributed by atoms with E-state index in [2.05, 4.69) is 0 Å². The Bertz CT molecular complexity index is 183. The standard InChI is InChI=1S/C6H14O3.C6H12O3/c1-5(8)4-9-6(2)3-7;1-2-3-4-9-5-6(7)8/h5-8H,3-4H2,1-2H3;2-5H2,1H3,(H,7,8). The van der Waals surface area contributed by atoms with Crippen molar-refractivity contribution >= 4 is 5.97 Å². The Balaban J connectivity index is 0. The van der Waals surface area contributed by atoms with E-state index in [1.54, 1.807) is 13.8 Å². The lowest BCUT2D eigenvalue weighted by Crippen LogP contribution is -2.19. The molecule has 3 N–H and O–H groups in total. The van der Waals surface area contributed by atoms with Gasteiger partial charge >= 0.3 is 5.97 Å². The van der Waals surface area contributed by atoms with Crippen molar-refractivity contribution in [3.8, 4) is 0 Å². The molecule has 0 amide bonds. The van der Waals surface area contributed by atoms with Crippen LogP contribution >= 0.6 is 0 Å². The number of aliphatic carboxylic acids is 1. The van der Waals surface area contributed by atoms with Crippen LogP contribution in [-0.2, 0) is 14.3 Å². The highest BCUT2D eigenvalue weighted by atomic mass is 16.5. The third-order valence-corrected chi connectivity index (χ3v) is 1.75. The van der Waals surface area contributed by atoms with Crippen molar-refractivity contribution in [2.24, 2.45) is 0 Å². The monoisotopic (exact) mass is 266 g/mol. The fourth-order valence-corrected chi connectivity index (χ4v) is 0.762. The first kappa shape index (κ1) is 19.6. The van der Waals surface area contributed by atoms with Crippen LogP contribution in [-0.4, -0.2) is 59.9 Å². The SMILES string of the molecule is CC(O)COC(C)CO.CCCCOCC(=O)O. The molecule has 6 nitrogen and oxygen atoms in total. The number of aliphatic hydroxyl groups excluding tert-OH is 2. The molecule has 0 radical (unpaired) electrons. The number of carboxylic acids is 1. The number of aliphatic hydroxyl groups is 2. The lowest BCUT2D eigenvalue weighted by molar-refractivity contribution is -0.142. The predicted octanol–water partition coefficient (Wildman–Crippen LogP) is 0.652. The summed E-state index contributed by atoms with van der Waals surface area (Å²) in [7, 11) is 0. The summed E-state index contributed by atoms with van der Waals surface area (Å²) in [6.07, 6.45) is 1.37. The summed E-state index contributed by atoms with van der Waals surface area (Å²) >= 11 is 0. The molecule has 0 aromatic heterocycles. The Hall–Kier alpha value is -0.690. The number of hydrogen-bond donors (Lipinski definition) is 3. The fourth-order valence-electron chi connectivity index (χ4n) is 0.762. The molecule has 0 aromatic carbocycles. The van der Waals surface area contributed by atoms with Crippen molar-refractivity contribution in [1.29, 1.82) is 0 Å². The third kappa shape index (κ3) is 20.7. The van der Waals surface area contributed by atoms with Crippen LogP contribution in [0.15, 0.2) is 0 Å². The van der Waals surface area contributed by atoms with E-state index in [0.717, 1.165) is 12.8 Å². The molecule has 0 heterocycles. The number of rotatable bonds is 9. The first-order valence-electron chi connectivity index (χ1n) is 6.14. The highest BCUT2D eigenvalue weighted by Gasteiger charge is 2.00. The molecule has 2 unspecified atom stereocenters. The zero-order valence-electron chi connectivity index (χ0n) is 11.5. The van der Waals surface area contributed by atoms with E-state index in [0.29, 0.717) is 13.2 Å². The number of carbonyl (C=O) groups is 1. The maximum Gasteiger partial charge on any atom is 0.329 e. The summed E-state index contributed by atoms with van der Waals surface area (Å²) < 4.78 is 9.69. The third-order valence-electron chi connectivity index (χ3n) is 1.75. The van der Waals surface area contributed by atoms with Gasteiger partial charge in [0, 0.05) is 6.61 Å². The van der Waals surface area contributed by atoms with E-state index in [9.17, 15) is 4.79 Å². The van der Waals surface area contributed by atoms with Crippen LogP contribution in [0.5, 0.6) is 0 Å². The first-order chi connectivity index (χ1) is 8.43. The van der Waals surface area contributed by atoms with Gasteiger partial charge < -0.3 is 24.8 Å². The van der Waals surface area contributed by atoms with E-state index < -0.39 is 12.1 Å². The van der Waals surface area contributed by atoms with Crippen LogP contribution in [0.3, 0.4) is 0 Å². The lowest BCUT2D eigenvalue weighted by Gasteiger charge is -2.10.